The van der Waals surface area contributed by atoms with Gasteiger partial charge in [0.05, 0.1) is 6.57 Å². The molecular formula is C20H21N5O2. The minimum absolute atomic E-state index is 0.147. The van der Waals surface area contributed by atoms with Crippen molar-refractivity contribution in [3.8, 4) is 0 Å². The first-order valence-electron chi connectivity index (χ1n) is 8.78. The molecule has 27 heavy (non-hydrogen) atoms. The topological polar surface area (TPSA) is 77.8 Å². The quantitative estimate of drug-likeness (QED) is 0.562. The lowest BCUT2D eigenvalue weighted by molar-refractivity contribution is -0.119. The molecule has 2 aromatic carbocycles. The van der Waals surface area contributed by atoms with Gasteiger partial charge in [-0.25, -0.2) is 9.64 Å². The van der Waals surface area contributed by atoms with Gasteiger partial charge >= 0.3 is 6.03 Å². The van der Waals surface area contributed by atoms with Crippen LogP contribution in [-0.4, -0.2) is 18.5 Å². The Morgan fingerprint density at radius 1 is 1.15 bits per heavy atom. The fourth-order valence-corrected chi connectivity index (χ4v) is 3.04. The third-order valence-electron chi connectivity index (χ3n) is 4.36. The first-order valence-corrected chi connectivity index (χ1v) is 8.78. The molecule has 1 heterocycles. The smallest absolute Gasteiger partial charge is 0.312 e. The van der Waals surface area contributed by atoms with Crippen LogP contribution in [-0.2, 0) is 4.79 Å². The summed E-state index contributed by atoms with van der Waals surface area (Å²) < 4.78 is 0. The van der Waals surface area contributed by atoms with E-state index in [0.29, 0.717) is 23.5 Å². The Bertz CT molecular complexity index is 903. The minimum Gasteiger partial charge on any atom is -0.312 e. The van der Waals surface area contributed by atoms with Crippen molar-refractivity contribution in [2.45, 2.75) is 26.2 Å². The zero-order valence-electron chi connectivity index (χ0n) is 15.1. The highest BCUT2D eigenvalue weighted by atomic mass is 16.2. The highest BCUT2D eigenvalue weighted by Gasteiger charge is 2.21. The summed E-state index contributed by atoms with van der Waals surface area (Å²) >= 11 is 0. The number of rotatable bonds is 4. The molecule has 7 nitrogen and oxygen atoms in total. The molecule has 0 unspecified atom stereocenters. The fraction of sp³-hybridized carbons (Fsp3) is 0.250. The van der Waals surface area contributed by atoms with Crippen LogP contribution in [0.2, 0.25) is 0 Å². The summed E-state index contributed by atoms with van der Waals surface area (Å²) in [6, 6.07) is 11.9. The summed E-state index contributed by atoms with van der Waals surface area (Å²) in [5.74, 6) is 0.147. The number of piperidine rings is 1. The van der Waals surface area contributed by atoms with Crippen molar-refractivity contribution < 1.29 is 9.59 Å². The van der Waals surface area contributed by atoms with Gasteiger partial charge in [0.15, 0.2) is 5.69 Å². The second-order valence-electron chi connectivity index (χ2n) is 6.37. The van der Waals surface area contributed by atoms with Crippen LogP contribution in [0.4, 0.5) is 27.5 Å². The summed E-state index contributed by atoms with van der Waals surface area (Å²) in [5.41, 5.74) is 8.86. The number of carbonyl (C=O) groups is 2. The molecule has 0 aliphatic carbocycles. The predicted molar refractivity (Wildman–Crippen MR) is 106 cm³/mol. The van der Waals surface area contributed by atoms with E-state index in [-0.39, 0.29) is 5.91 Å². The molecule has 2 aromatic rings. The molecule has 0 radical (unpaired) electrons. The number of nitrogens with zero attached hydrogens (tertiary/aromatic N) is 2. The van der Waals surface area contributed by atoms with Gasteiger partial charge in [-0.05, 0) is 55.7 Å². The number of aryl methyl sites for hydroxylation is 1. The van der Waals surface area contributed by atoms with Gasteiger partial charge in [-0.3, -0.25) is 15.6 Å². The second-order valence-corrected chi connectivity index (χ2v) is 6.37. The molecular weight excluding hydrogens is 342 g/mol. The summed E-state index contributed by atoms with van der Waals surface area (Å²) in [5, 5.41) is 2.75. The molecule has 7 heteroatoms. The van der Waals surface area contributed by atoms with Gasteiger partial charge in [-0.15, -0.1) is 0 Å². The Morgan fingerprint density at radius 2 is 2.00 bits per heavy atom. The number of carbonyl (C=O) groups excluding carboxylic acids is 2. The molecule has 0 bridgehead atoms. The maximum Gasteiger partial charge on any atom is 0.337 e. The van der Waals surface area contributed by atoms with E-state index in [1.807, 2.05) is 24.0 Å². The molecule has 3 rings (SSSR count). The Hall–Kier alpha value is -3.53. The molecule has 1 aliphatic rings. The van der Waals surface area contributed by atoms with E-state index in [0.717, 1.165) is 30.6 Å². The molecule has 0 spiro atoms. The zero-order chi connectivity index (χ0) is 19.2. The van der Waals surface area contributed by atoms with Gasteiger partial charge in [0.25, 0.3) is 0 Å². The van der Waals surface area contributed by atoms with Crippen LogP contribution in [0.25, 0.3) is 4.85 Å². The number of amides is 3. The number of hydrogen-bond acceptors (Lipinski definition) is 3. The third-order valence-corrected chi connectivity index (χ3v) is 4.36. The van der Waals surface area contributed by atoms with Crippen molar-refractivity contribution in [1.29, 1.82) is 0 Å². The van der Waals surface area contributed by atoms with Gasteiger partial charge in [-0.2, -0.15) is 0 Å². The monoisotopic (exact) mass is 363 g/mol. The maximum absolute atomic E-state index is 12.1. The molecule has 0 saturated carbocycles. The average molecular weight is 363 g/mol. The molecule has 0 aromatic heterocycles. The lowest BCUT2D eigenvalue weighted by atomic mass is 10.1. The van der Waals surface area contributed by atoms with Gasteiger partial charge in [0.1, 0.15) is 0 Å². The zero-order valence-corrected chi connectivity index (χ0v) is 15.1. The summed E-state index contributed by atoms with van der Waals surface area (Å²) in [4.78, 5) is 29.3. The van der Waals surface area contributed by atoms with Gasteiger partial charge < -0.3 is 10.2 Å². The normalized spacial score (nSPS) is 13.6. The number of benzene rings is 2. The Kier molecular flexibility index (Phi) is 5.57. The number of hydrogen-bond donors (Lipinski definition) is 3. The largest absolute Gasteiger partial charge is 0.337 e. The summed E-state index contributed by atoms with van der Waals surface area (Å²) in [7, 11) is 0. The third kappa shape index (κ3) is 4.55. The van der Waals surface area contributed by atoms with Gasteiger partial charge in [-0.1, -0.05) is 12.1 Å². The molecule has 0 atom stereocenters. The Morgan fingerprint density at radius 3 is 2.74 bits per heavy atom. The number of nitrogens with one attached hydrogen (secondary N) is 3. The lowest BCUT2D eigenvalue weighted by Crippen LogP contribution is -2.35. The second kappa shape index (κ2) is 8.23. The van der Waals surface area contributed by atoms with Crippen LogP contribution in [0.1, 0.15) is 24.8 Å². The predicted octanol–water partition coefficient (Wildman–Crippen LogP) is 4.21. The SMILES string of the molecule is [C-]#[N+]c1cccc(NNC(=O)Nc2ccc(N3CCCCC3=O)c(C)c2)c1. The van der Waals surface area contributed by atoms with Crippen LogP contribution < -0.4 is 21.1 Å². The Balaban J connectivity index is 1.60. The van der Waals surface area contributed by atoms with E-state index in [1.54, 1.807) is 30.3 Å². The lowest BCUT2D eigenvalue weighted by Gasteiger charge is -2.28. The van der Waals surface area contributed by atoms with Crippen molar-refractivity contribution in [3.63, 3.8) is 0 Å². The van der Waals surface area contributed by atoms with Gasteiger partial charge in [0, 0.05) is 30.0 Å². The first-order chi connectivity index (χ1) is 13.1. The van der Waals surface area contributed by atoms with Crippen molar-refractivity contribution in [2.75, 3.05) is 22.2 Å². The summed E-state index contributed by atoms with van der Waals surface area (Å²) in [6.07, 6.45) is 2.54. The van der Waals surface area contributed by atoms with E-state index in [1.165, 1.54) is 0 Å². The molecule has 1 saturated heterocycles. The maximum atomic E-state index is 12.1. The highest BCUT2D eigenvalue weighted by Crippen LogP contribution is 2.27. The first kappa shape index (κ1) is 18.3. The molecule has 138 valence electrons. The number of anilines is 3. The highest BCUT2D eigenvalue weighted by molar-refractivity contribution is 5.96. The minimum atomic E-state index is -0.426. The standard InChI is InChI=1S/C20H21N5O2/c1-14-12-16(9-10-18(14)25-11-4-3-8-19(25)26)22-20(27)24-23-17-7-5-6-15(13-17)21-2/h5-7,9-10,12-13,23H,3-4,8,11H2,1H3,(H2,22,24,27). The van der Waals surface area contributed by atoms with Crippen molar-refractivity contribution in [1.82, 2.24) is 5.43 Å². The molecule has 1 aliphatic heterocycles. The summed E-state index contributed by atoms with van der Waals surface area (Å²) in [6.45, 7) is 9.66. The van der Waals surface area contributed by atoms with Gasteiger partial charge in [0.2, 0.25) is 5.91 Å². The van der Waals surface area contributed by atoms with Crippen molar-refractivity contribution >= 4 is 34.7 Å². The van der Waals surface area contributed by atoms with Crippen LogP contribution in [0.5, 0.6) is 0 Å². The molecule has 3 amide bonds. The molecule has 3 N–H and O–H groups in total. The Labute approximate surface area is 158 Å². The van der Waals surface area contributed by atoms with E-state index in [4.69, 9.17) is 6.57 Å². The van der Waals surface area contributed by atoms with Crippen LogP contribution in [0.15, 0.2) is 42.5 Å². The van der Waals surface area contributed by atoms with E-state index >= 15 is 0 Å². The van der Waals surface area contributed by atoms with E-state index < -0.39 is 6.03 Å². The van der Waals surface area contributed by atoms with Crippen LogP contribution in [0.3, 0.4) is 0 Å². The number of hydrazine groups is 1. The van der Waals surface area contributed by atoms with Crippen molar-refractivity contribution in [3.05, 3.63) is 59.4 Å². The molecule has 1 fully saturated rings. The number of urea groups is 1. The van der Waals surface area contributed by atoms with Crippen molar-refractivity contribution in [2.24, 2.45) is 0 Å². The van der Waals surface area contributed by atoms with E-state index in [9.17, 15) is 9.59 Å². The average Bonchev–Trinajstić information content (AvgIpc) is 2.67. The van der Waals surface area contributed by atoms with Crippen LogP contribution >= 0.6 is 0 Å². The van der Waals surface area contributed by atoms with E-state index in [2.05, 4.69) is 21.0 Å². The van der Waals surface area contributed by atoms with Crippen LogP contribution in [0, 0.1) is 13.5 Å². The fourth-order valence-electron chi connectivity index (χ4n) is 3.04.